The largest absolute Gasteiger partial charge is 0.396 e. The number of aryl methyl sites for hydroxylation is 1. The molecule has 126 valence electrons. The molecule has 23 heavy (non-hydrogen) atoms. The minimum absolute atomic E-state index is 0.0197. The van der Waals surface area contributed by atoms with Gasteiger partial charge >= 0.3 is 0 Å². The smallest absolute Gasteiger partial charge is 0.228 e. The Balaban J connectivity index is 1.55. The molecule has 2 fully saturated rings. The molecule has 1 aromatic carbocycles. The lowest BCUT2D eigenvalue weighted by Gasteiger charge is -2.54. The molecular formula is C20H29NO2. The molecule has 1 aliphatic heterocycles. The standard InChI is InChI=1S/C20H29NO2/c1-3-16(12-22)19(23)21-13-20(14-21)10-8-17(9-11-20)18-7-5-4-6-15(18)2/h4-7,16-17,22H,3,8-14H2,1-2H3/t16-/m1/s1. The molecular weight excluding hydrogens is 286 g/mol. The number of benzene rings is 1. The summed E-state index contributed by atoms with van der Waals surface area (Å²) in [6.07, 6.45) is 5.67. The predicted octanol–water partition coefficient (Wildman–Crippen LogP) is 3.50. The molecule has 0 aromatic heterocycles. The average Bonchev–Trinajstić information content (AvgIpc) is 2.54. The van der Waals surface area contributed by atoms with Gasteiger partial charge in [-0.1, -0.05) is 31.2 Å². The molecule has 1 saturated heterocycles. The molecule has 3 nitrogen and oxygen atoms in total. The molecule has 0 radical (unpaired) electrons. The van der Waals surface area contributed by atoms with E-state index in [1.165, 1.54) is 36.8 Å². The van der Waals surface area contributed by atoms with Gasteiger partial charge < -0.3 is 10.0 Å². The van der Waals surface area contributed by atoms with E-state index in [0.717, 1.165) is 19.5 Å². The molecule has 1 aromatic rings. The highest BCUT2D eigenvalue weighted by Gasteiger charge is 2.47. The Labute approximate surface area is 139 Å². The number of aliphatic hydroxyl groups is 1. The van der Waals surface area contributed by atoms with Crippen molar-refractivity contribution < 1.29 is 9.90 Å². The van der Waals surface area contributed by atoms with Crippen LogP contribution >= 0.6 is 0 Å². The Bertz CT molecular complexity index is 549. The summed E-state index contributed by atoms with van der Waals surface area (Å²) >= 11 is 0. The van der Waals surface area contributed by atoms with Crippen LogP contribution in [0, 0.1) is 18.3 Å². The summed E-state index contributed by atoms with van der Waals surface area (Å²) in [5, 5.41) is 9.31. The lowest BCUT2D eigenvalue weighted by Crippen LogP contribution is -2.60. The summed E-state index contributed by atoms with van der Waals surface area (Å²) in [4.78, 5) is 14.3. The van der Waals surface area contributed by atoms with Crippen molar-refractivity contribution in [1.29, 1.82) is 0 Å². The fourth-order valence-electron chi connectivity index (χ4n) is 4.46. The second-order valence-electron chi connectivity index (χ2n) is 7.61. The summed E-state index contributed by atoms with van der Waals surface area (Å²) in [6, 6.07) is 8.75. The van der Waals surface area contributed by atoms with Crippen molar-refractivity contribution in [1.82, 2.24) is 4.90 Å². The lowest BCUT2D eigenvalue weighted by atomic mass is 9.64. The topological polar surface area (TPSA) is 40.5 Å². The fourth-order valence-corrected chi connectivity index (χ4v) is 4.46. The molecule has 3 heteroatoms. The third kappa shape index (κ3) is 3.16. The van der Waals surface area contributed by atoms with Gasteiger partial charge in [0.25, 0.3) is 0 Å². The van der Waals surface area contributed by atoms with Crippen LogP contribution in [0.1, 0.15) is 56.1 Å². The van der Waals surface area contributed by atoms with Gasteiger partial charge in [-0.25, -0.2) is 0 Å². The lowest BCUT2D eigenvalue weighted by molar-refractivity contribution is -0.151. The van der Waals surface area contributed by atoms with Crippen molar-refractivity contribution in [3.8, 4) is 0 Å². The first kappa shape index (κ1) is 16.5. The first-order chi connectivity index (χ1) is 11.1. The summed E-state index contributed by atoms with van der Waals surface area (Å²) in [7, 11) is 0. The average molecular weight is 315 g/mol. The minimum Gasteiger partial charge on any atom is -0.396 e. The van der Waals surface area contributed by atoms with Gasteiger partial charge in [0.2, 0.25) is 5.91 Å². The van der Waals surface area contributed by atoms with E-state index >= 15 is 0 Å². The minimum atomic E-state index is -0.198. The van der Waals surface area contributed by atoms with Gasteiger partial charge in [0.1, 0.15) is 0 Å². The van der Waals surface area contributed by atoms with Crippen molar-refractivity contribution >= 4 is 5.91 Å². The zero-order valence-electron chi connectivity index (χ0n) is 14.4. The van der Waals surface area contributed by atoms with E-state index in [2.05, 4.69) is 31.2 Å². The van der Waals surface area contributed by atoms with Crippen LogP contribution in [0.5, 0.6) is 0 Å². The molecule has 0 unspecified atom stereocenters. The van der Waals surface area contributed by atoms with E-state index in [9.17, 15) is 9.90 Å². The number of amides is 1. The number of carbonyl (C=O) groups excluding carboxylic acids is 1. The maximum Gasteiger partial charge on any atom is 0.228 e. The zero-order valence-corrected chi connectivity index (χ0v) is 14.4. The highest BCUT2D eigenvalue weighted by molar-refractivity contribution is 5.80. The van der Waals surface area contributed by atoms with Crippen LogP contribution < -0.4 is 0 Å². The maximum absolute atomic E-state index is 12.3. The molecule has 1 N–H and O–H groups in total. The Morgan fingerprint density at radius 2 is 1.96 bits per heavy atom. The van der Waals surface area contributed by atoms with E-state index in [4.69, 9.17) is 0 Å². The Hall–Kier alpha value is -1.35. The van der Waals surface area contributed by atoms with Crippen LogP contribution in [-0.2, 0) is 4.79 Å². The molecule has 0 bridgehead atoms. The Morgan fingerprint density at radius 3 is 2.52 bits per heavy atom. The molecule has 1 saturated carbocycles. The van der Waals surface area contributed by atoms with E-state index in [1.807, 2.05) is 11.8 Å². The molecule has 2 aliphatic rings. The van der Waals surface area contributed by atoms with Gasteiger partial charge in [-0.3, -0.25) is 4.79 Å². The van der Waals surface area contributed by atoms with Gasteiger partial charge in [-0.2, -0.15) is 0 Å². The van der Waals surface area contributed by atoms with Gasteiger partial charge in [0, 0.05) is 18.5 Å². The second-order valence-corrected chi connectivity index (χ2v) is 7.61. The summed E-state index contributed by atoms with van der Waals surface area (Å²) in [5.74, 6) is 0.643. The second kappa shape index (κ2) is 6.64. The zero-order chi connectivity index (χ0) is 16.4. The summed E-state index contributed by atoms with van der Waals surface area (Å²) < 4.78 is 0. The highest BCUT2D eigenvalue weighted by Crippen LogP contribution is 2.48. The fraction of sp³-hybridized carbons (Fsp3) is 0.650. The van der Waals surface area contributed by atoms with Crippen molar-refractivity contribution in [2.75, 3.05) is 19.7 Å². The van der Waals surface area contributed by atoms with Crippen LogP contribution in [0.2, 0.25) is 0 Å². The van der Waals surface area contributed by atoms with Gasteiger partial charge in [-0.15, -0.1) is 0 Å². The first-order valence-electron chi connectivity index (χ1n) is 9.04. The highest BCUT2D eigenvalue weighted by atomic mass is 16.3. The quantitative estimate of drug-likeness (QED) is 0.924. The molecule has 1 heterocycles. The number of aliphatic hydroxyl groups excluding tert-OH is 1. The number of likely N-dealkylation sites (tertiary alicyclic amines) is 1. The number of hydrogen-bond acceptors (Lipinski definition) is 2. The number of nitrogens with zero attached hydrogens (tertiary/aromatic N) is 1. The molecule has 1 amide bonds. The van der Waals surface area contributed by atoms with Gasteiger partial charge in [-0.05, 0) is 56.1 Å². The van der Waals surface area contributed by atoms with Crippen molar-refractivity contribution in [3.05, 3.63) is 35.4 Å². The Morgan fingerprint density at radius 1 is 1.30 bits per heavy atom. The van der Waals surface area contributed by atoms with Crippen molar-refractivity contribution in [2.24, 2.45) is 11.3 Å². The third-order valence-corrected chi connectivity index (χ3v) is 6.10. The van der Waals surface area contributed by atoms with Crippen molar-refractivity contribution in [2.45, 2.75) is 51.9 Å². The van der Waals surface area contributed by atoms with Crippen LogP contribution in [0.25, 0.3) is 0 Å². The first-order valence-corrected chi connectivity index (χ1v) is 9.04. The van der Waals surface area contributed by atoms with Gasteiger partial charge in [0.05, 0.1) is 12.5 Å². The number of rotatable bonds is 4. The third-order valence-electron chi connectivity index (χ3n) is 6.10. The van der Waals surface area contributed by atoms with Crippen LogP contribution in [-0.4, -0.2) is 35.6 Å². The number of hydrogen-bond donors (Lipinski definition) is 1. The molecule has 3 rings (SSSR count). The number of carbonyl (C=O) groups is 1. The molecule has 1 spiro atoms. The van der Waals surface area contributed by atoms with Crippen molar-refractivity contribution in [3.63, 3.8) is 0 Å². The van der Waals surface area contributed by atoms with E-state index in [0.29, 0.717) is 11.3 Å². The Kier molecular flexibility index (Phi) is 4.77. The van der Waals surface area contributed by atoms with E-state index < -0.39 is 0 Å². The summed E-state index contributed by atoms with van der Waals surface area (Å²) in [6.45, 7) is 5.98. The van der Waals surface area contributed by atoms with Crippen LogP contribution in [0.4, 0.5) is 0 Å². The van der Waals surface area contributed by atoms with E-state index in [-0.39, 0.29) is 18.4 Å². The molecule has 1 aliphatic carbocycles. The van der Waals surface area contributed by atoms with Gasteiger partial charge in [0.15, 0.2) is 0 Å². The normalized spacial score (nSPS) is 22.0. The monoisotopic (exact) mass is 315 g/mol. The maximum atomic E-state index is 12.3. The van der Waals surface area contributed by atoms with Crippen LogP contribution in [0.3, 0.4) is 0 Å². The summed E-state index contributed by atoms with van der Waals surface area (Å²) in [5.41, 5.74) is 3.29. The predicted molar refractivity (Wildman–Crippen MR) is 92.3 cm³/mol. The SMILES string of the molecule is CC[C@H](CO)C(=O)N1CC2(CCC(c3ccccc3C)CC2)C1. The van der Waals surface area contributed by atoms with E-state index in [1.54, 1.807) is 0 Å². The molecule has 1 atom stereocenters. The van der Waals surface area contributed by atoms with Crippen LogP contribution in [0.15, 0.2) is 24.3 Å².